The molecular weight excluding hydrogens is 420 g/mol. The number of aromatic nitrogens is 3. The second-order valence-electron chi connectivity index (χ2n) is 8.32. The Morgan fingerprint density at radius 2 is 2.00 bits per heavy atom. The fourth-order valence-corrected chi connectivity index (χ4v) is 4.52. The minimum Gasteiger partial charge on any atom is -0.493 e. The second kappa shape index (κ2) is 8.61. The largest absolute Gasteiger partial charge is 0.493 e. The average molecular weight is 447 g/mol. The molecule has 33 heavy (non-hydrogen) atoms. The maximum atomic E-state index is 12.8. The molecule has 0 aliphatic carbocycles. The van der Waals surface area contributed by atoms with E-state index in [4.69, 9.17) is 14.0 Å². The Kier molecular flexibility index (Phi) is 5.50. The SMILES string of the molecule is COc1ccc(C(C)N2CC(c3noc(Cc4c[nH]c5ccccc45)n3)CC2=O)cc1OC. The summed E-state index contributed by atoms with van der Waals surface area (Å²) in [6.07, 6.45) is 2.88. The van der Waals surface area contributed by atoms with Crippen LogP contribution < -0.4 is 9.47 Å². The van der Waals surface area contributed by atoms with Crippen LogP contribution in [-0.4, -0.2) is 46.7 Å². The van der Waals surface area contributed by atoms with Crippen LogP contribution in [0.2, 0.25) is 0 Å². The van der Waals surface area contributed by atoms with Gasteiger partial charge in [0.2, 0.25) is 11.8 Å². The lowest BCUT2D eigenvalue weighted by molar-refractivity contribution is -0.129. The summed E-state index contributed by atoms with van der Waals surface area (Å²) in [6.45, 7) is 2.56. The summed E-state index contributed by atoms with van der Waals surface area (Å²) in [6, 6.07) is 13.7. The fraction of sp³-hybridized carbons (Fsp3) is 0.320. The third-order valence-electron chi connectivity index (χ3n) is 6.38. The lowest BCUT2D eigenvalue weighted by Gasteiger charge is -2.25. The molecule has 0 saturated carbocycles. The van der Waals surface area contributed by atoms with Gasteiger partial charge in [0.25, 0.3) is 0 Å². The number of methoxy groups -OCH3 is 2. The molecule has 2 aromatic carbocycles. The molecule has 1 saturated heterocycles. The first-order valence-corrected chi connectivity index (χ1v) is 11.0. The zero-order valence-corrected chi connectivity index (χ0v) is 18.9. The van der Waals surface area contributed by atoms with Crippen molar-refractivity contribution >= 4 is 16.8 Å². The highest BCUT2D eigenvalue weighted by atomic mass is 16.5. The highest BCUT2D eigenvalue weighted by molar-refractivity contribution is 5.83. The molecule has 2 aromatic heterocycles. The van der Waals surface area contributed by atoms with Crippen LogP contribution in [0.3, 0.4) is 0 Å². The van der Waals surface area contributed by atoms with Crippen LogP contribution in [0.5, 0.6) is 11.5 Å². The number of aromatic amines is 1. The van der Waals surface area contributed by atoms with Crippen molar-refractivity contribution in [1.82, 2.24) is 20.0 Å². The molecule has 8 nitrogen and oxygen atoms in total. The molecular formula is C25H26N4O4. The number of para-hydroxylation sites is 1. The number of ether oxygens (including phenoxy) is 2. The van der Waals surface area contributed by atoms with E-state index in [1.165, 1.54) is 0 Å². The number of amides is 1. The molecule has 2 unspecified atom stereocenters. The van der Waals surface area contributed by atoms with E-state index in [9.17, 15) is 4.79 Å². The molecule has 2 atom stereocenters. The molecule has 1 aliphatic rings. The maximum Gasteiger partial charge on any atom is 0.231 e. The highest BCUT2D eigenvalue weighted by Crippen LogP contribution is 2.36. The summed E-state index contributed by atoms with van der Waals surface area (Å²) in [5, 5.41) is 5.34. The zero-order chi connectivity index (χ0) is 22.9. The molecule has 3 heterocycles. The average Bonchev–Trinajstić information content (AvgIpc) is 3.57. The Morgan fingerprint density at radius 3 is 2.82 bits per heavy atom. The van der Waals surface area contributed by atoms with Crippen molar-refractivity contribution in [3.05, 3.63) is 71.5 Å². The Hall–Kier alpha value is -3.81. The molecule has 0 spiro atoms. The van der Waals surface area contributed by atoms with Gasteiger partial charge < -0.3 is 23.9 Å². The Balaban J connectivity index is 1.30. The van der Waals surface area contributed by atoms with Crippen LogP contribution in [0.4, 0.5) is 0 Å². The van der Waals surface area contributed by atoms with Crippen LogP contribution in [0.15, 0.2) is 53.2 Å². The highest BCUT2D eigenvalue weighted by Gasteiger charge is 2.36. The molecule has 8 heteroatoms. The summed E-state index contributed by atoms with van der Waals surface area (Å²) >= 11 is 0. The number of carbonyl (C=O) groups is 1. The van der Waals surface area contributed by atoms with Crippen LogP contribution in [-0.2, 0) is 11.2 Å². The van der Waals surface area contributed by atoms with Gasteiger partial charge in [0, 0.05) is 36.0 Å². The summed E-state index contributed by atoms with van der Waals surface area (Å²) in [5.41, 5.74) is 3.16. The van der Waals surface area contributed by atoms with Crippen LogP contribution in [0, 0.1) is 0 Å². The Morgan fingerprint density at radius 1 is 1.18 bits per heavy atom. The number of fused-ring (bicyclic) bond motifs is 1. The van der Waals surface area contributed by atoms with Crippen LogP contribution in [0.1, 0.15) is 48.1 Å². The number of H-pyrrole nitrogens is 1. The number of rotatable bonds is 7. The van der Waals surface area contributed by atoms with E-state index in [0.29, 0.717) is 42.6 Å². The van der Waals surface area contributed by atoms with Crippen molar-refractivity contribution < 1.29 is 18.8 Å². The number of nitrogens with one attached hydrogen (secondary N) is 1. The van der Waals surface area contributed by atoms with Gasteiger partial charge >= 0.3 is 0 Å². The van der Waals surface area contributed by atoms with Crippen molar-refractivity contribution in [2.24, 2.45) is 0 Å². The van der Waals surface area contributed by atoms with Crippen molar-refractivity contribution in [2.75, 3.05) is 20.8 Å². The van der Waals surface area contributed by atoms with E-state index in [1.54, 1.807) is 14.2 Å². The van der Waals surface area contributed by atoms with Gasteiger partial charge in [-0.15, -0.1) is 0 Å². The first kappa shape index (κ1) is 21.1. The molecule has 0 bridgehead atoms. The summed E-state index contributed by atoms with van der Waals surface area (Å²) in [5.74, 6) is 2.42. The first-order chi connectivity index (χ1) is 16.1. The van der Waals surface area contributed by atoms with E-state index in [0.717, 1.165) is 22.0 Å². The second-order valence-corrected chi connectivity index (χ2v) is 8.32. The summed E-state index contributed by atoms with van der Waals surface area (Å²) in [4.78, 5) is 22.6. The van der Waals surface area contributed by atoms with Gasteiger partial charge in [-0.1, -0.05) is 29.4 Å². The molecule has 1 amide bonds. The van der Waals surface area contributed by atoms with Crippen molar-refractivity contribution in [3.63, 3.8) is 0 Å². The van der Waals surface area contributed by atoms with Gasteiger partial charge in [-0.2, -0.15) is 4.98 Å². The molecule has 170 valence electrons. The van der Waals surface area contributed by atoms with Gasteiger partial charge in [0.05, 0.1) is 26.7 Å². The number of nitrogens with zero attached hydrogens (tertiary/aromatic N) is 3. The van der Waals surface area contributed by atoms with Gasteiger partial charge in [-0.25, -0.2) is 0 Å². The Bertz CT molecular complexity index is 1290. The van der Waals surface area contributed by atoms with Gasteiger partial charge in [0.15, 0.2) is 17.3 Å². The lowest BCUT2D eigenvalue weighted by Crippen LogP contribution is -2.28. The smallest absolute Gasteiger partial charge is 0.231 e. The monoisotopic (exact) mass is 446 g/mol. The predicted molar refractivity (Wildman–Crippen MR) is 122 cm³/mol. The third-order valence-corrected chi connectivity index (χ3v) is 6.38. The van der Waals surface area contributed by atoms with E-state index in [2.05, 4.69) is 21.2 Å². The van der Waals surface area contributed by atoms with Gasteiger partial charge in [-0.3, -0.25) is 4.79 Å². The maximum absolute atomic E-state index is 12.8. The number of likely N-dealkylation sites (tertiary alicyclic amines) is 1. The van der Waals surface area contributed by atoms with Crippen molar-refractivity contribution in [3.8, 4) is 11.5 Å². The van der Waals surface area contributed by atoms with Crippen molar-refractivity contribution in [1.29, 1.82) is 0 Å². The third kappa shape index (κ3) is 3.92. The summed E-state index contributed by atoms with van der Waals surface area (Å²) in [7, 11) is 3.21. The minimum atomic E-state index is -0.111. The van der Waals surface area contributed by atoms with E-state index in [1.807, 2.05) is 54.4 Å². The van der Waals surface area contributed by atoms with E-state index < -0.39 is 0 Å². The fourth-order valence-electron chi connectivity index (χ4n) is 4.52. The molecule has 5 rings (SSSR count). The number of hydrogen-bond donors (Lipinski definition) is 1. The number of carbonyl (C=O) groups excluding carboxylic acids is 1. The molecule has 1 N–H and O–H groups in total. The lowest BCUT2D eigenvalue weighted by atomic mass is 10.1. The predicted octanol–water partition coefficient (Wildman–Crippen LogP) is 4.24. The molecule has 1 aliphatic heterocycles. The topological polar surface area (TPSA) is 93.5 Å². The number of benzene rings is 2. The first-order valence-electron chi connectivity index (χ1n) is 11.0. The standard InChI is InChI=1S/C25H26N4O4/c1-15(16-8-9-21(31-2)22(10-16)32-3)29-14-18(12-24(29)30)25-27-23(33-28-25)11-17-13-26-20-7-5-4-6-19(17)20/h4-10,13,15,18,26H,11-12,14H2,1-3H3. The normalized spacial score (nSPS) is 17.0. The summed E-state index contributed by atoms with van der Waals surface area (Å²) < 4.78 is 16.3. The van der Waals surface area contributed by atoms with Crippen LogP contribution in [0.25, 0.3) is 10.9 Å². The van der Waals surface area contributed by atoms with Crippen molar-refractivity contribution in [2.45, 2.75) is 31.7 Å². The minimum absolute atomic E-state index is 0.0743. The van der Waals surface area contributed by atoms with Gasteiger partial charge in [0.1, 0.15) is 0 Å². The Labute approximate surface area is 191 Å². The van der Waals surface area contributed by atoms with Gasteiger partial charge in [-0.05, 0) is 36.2 Å². The number of hydrogen-bond acceptors (Lipinski definition) is 6. The van der Waals surface area contributed by atoms with E-state index >= 15 is 0 Å². The molecule has 0 radical (unpaired) electrons. The molecule has 1 fully saturated rings. The zero-order valence-electron chi connectivity index (χ0n) is 18.9. The molecule has 4 aromatic rings. The quantitative estimate of drug-likeness (QED) is 0.457. The van der Waals surface area contributed by atoms with E-state index in [-0.39, 0.29) is 17.9 Å². The van der Waals surface area contributed by atoms with Crippen LogP contribution >= 0.6 is 0 Å².